The summed E-state index contributed by atoms with van der Waals surface area (Å²) in [6.07, 6.45) is 0.396. The minimum atomic E-state index is -0.193. The summed E-state index contributed by atoms with van der Waals surface area (Å²) in [4.78, 5) is 0. The summed E-state index contributed by atoms with van der Waals surface area (Å²) in [5.74, 6) is -0.193. The Kier molecular flexibility index (Phi) is 2.60. The lowest BCUT2D eigenvalue weighted by Crippen LogP contribution is -1.96. The number of hydrogen-bond acceptors (Lipinski definition) is 1. The molecule has 1 nitrogen and oxygen atoms in total. The van der Waals surface area contributed by atoms with Crippen molar-refractivity contribution < 1.29 is 9.50 Å². The zero-order valence-electron chi connectivity index (χ0n) is 6.47. The highest BCUT2D eigenvalue weighted by atomic mass is 19.1. The Balaban J connectivity index is 2.96. The fraction of sp³-hybridized carbons (Fsp3) is 0.333. The molecule has 1 aromatic rings. The number of halogens is 1. The van der Waals surface area contributed by atoms with E-state index in [-0.39, 0.29) is 12.4 Å². The van der Waals surface area contributed by atoms with E-state index in [4.69, 9.17) is 5.11 Å². The standard InChI is InChI=1S/C9H11FO/c1-7-3-2-4-8(5-6-11)9(7)10/h2-4,11H,5-6H2,1H3. The van der Waals surface area contributed by atoms with Crippen LogP contribution < -0.4 is 0 Å². The van der Waals surface area contributed by atoms with Crippen LogP contribution in [0.15, 0.2) is 18.2 Å². The molecule has 0 bridgehead atoms. The highest BCUT2D eigenvalue weighted by Gasteiger charge is 2.02. The topological polar surface area (TPSA) is 20.2 Å². The molecule has 1 N–H and O–H groups in total. The summed E-state index contributed by atoms with van der Waals surface area (Å²) in [7, 11) is 0. The molecule has 2 heteroatoms. The smallest absolute Gasteiger partial charge is 0.129 e. The maximum Gasteiger partial charge on any atom is 0.129 e. The Morgan fingerprint density at radius 1 is 1.45 bits per heavy atom. The normalized spacial score (nSPS) is 10.1. The molecule has 0 fully saturated rings. The van der Waals surface area contributed by atoms with E-state index in [1.54, 1.807) is 25.1 Å². The van der Waals surface area contributed by atoms with Crippen molar-refractivity contribution in [2.45, 2.75) is 13.3 Å². The van der Waals surface area contributed by atoms with Crippen LogP contribution in [-0.4, -0.2) is 11.7 Å². The van der Waals surface area contributed by atoms with Crippen LogP contribution in [0.2, 0.25) is 0 Å². The first-order valence-electron chi connectivity index (χ1n) is 3.60. The van der Waals surface area contributed by atoms with Crippen LogP contribution >= 0.6 is 0 Å². The second-order valence-electron chi connectivity index (χ2n) is 2.52. The van der Waals surface area contributed by atoms with Gasteiger partial charge in [-0.3, -0.25) is 0 Å². The summed E-state index contributed by atoms with van der Waals surface area (Å²) in [5.41, 5.74) is 1.23. The number of aliphatic hydroxyl groups excluding tert-OH is 1. The third kappa shape index (κ3) is 1.77. The van der Waals surface area contributed by atoms with Crippen LogP contribution in [0.5, 0.6) is 0 Å². The van der Waals surface area contributed by atoms with Crippen LogP contribution in [0.25, 0.3) is 0 Å². The van der Waals surface area contributed by atoms with Crippen LogP contribution in [0, 0.1) is 12.7 Å². The number of aryl methyl sites for hydroxylation is 1. The van der Waals surface area contributed by atoms with Gasteiger partial charge in [-0.25, -0.2) is 4.39 Å². The van der Waals surface area contributed by atoms with Crippen molar-refractivity contribution in [3.8, 4) is 0 Å². The maximum absolute atomic E-state index is 13.1. The zero-order chi connectivity index (χ0) is 8.27. The zero-order valence-corrected chi connectivity index (χ0v) is 6.47. The van der Waals surface area contributed by atoms with E-state index < -0.39 is 0 Å². The minimum Gasteiger partial charge on any atom is -0.396 e. The second-order valence-corrected chi connectivity index (χ2v) is 2.52. The summed E-state index contributed by atoms with van der Waals surface area (Å²) in [6.45, 7) is 1.72. The lowest BCUT2D eigenvalue weighted by atomic mass is 10.1. The predicted octanol–water partition coefficient (Wildman–Crippen LogP) is 1.67. The van der Waals surface area contributed by atoms with Crippen LogP contribution in [0.4, 0.5) is 4.39 Å². The SMILES string of the molecule is Cc1cccc(CCO)c1F. The molecule has 0 heterocycles. The summed E-state index contributed by atoms with van der Waals surface area (Å²) in [6, 6.07) is 5.21. The Morgan fingerprint density at radius 3 is 2.82 bits per heavy atom. The molecule has 0 saturated carbocycles. The highest BCUT2D eigenvalue weighted by Crippen LogP contribution is 2.11. The maximum atomic E-state index is 13.1. The van der Waals surface area contributed by atoms with Gasteiger partial charge in [-0.1, -0.05) is 18.2 Å². The Hall–Kier alpha value is -0.890. The van der Waals surface area contributed by atoms with Gasteiger partial charge in [0.25, 0.3) is 0 Å². The van der Waals surface area contributed by atoms with Crippen LogP contribution in [-0.2, 0) is 6.42 Å². The molecule has 0 aliphatic rings. The van der Waals surface area contributed by atoms with Crippen molar-refractivity contribution in [1.29, 1.82) is 0 Å². The van der Waals surface area contributed by atoms with E-state index in [0.717, 1.165) is 0 Å². The van der Waals surface area contributed by atoms with Gasteiger partial charge in [0.15, 0.2) is 0 Å². The minimum absolute atomic E-state index is 0.000370. The van der Waals surface area contributed by atoms with E-state index in [0.29, 0.717) is 17.5 Å². The van der Waals surface area contributed by atoms with Gasteiger partial charge < -0.3 is 5.11 Å². The average Bonchev–Trinajstić information content (AvgIpc) is 1.99. The van der Waals surface area contributed by atoms with Gasteiger partial charge in [0, 0.05) is 6.61 Å². The van der Waals surface area contributed by atoms with Crippen molar-refractivity contribution in [3.05, 3.63) is 35.1 Å². The third-order valence-electron chi connectivity index (χ3n) is 1.65. The van der Waals surface area contributed by atoms with Gasteiger partial charge in [0.05, 0.1) is 0 Å². The van der Waals surface area contributed by atoms with Gasteiger partial charge in [-0.15, -0.1) is 0 Å². The Morgan fingerprint density at radius 2 is 2.18 bits per heavy atom. The lowest BCUT2D eigenvalue weighted by molar-refractivity contribution is 0.297. The van der Waals surface area contributed by atoms with E-state index in [1.807, 2.05) is 0 Å². The number of hydrogen-bond donors (Lipinski definition) is 1. The molecule has 0 radical (unpaired) electrons. The molecule has 0 unspecified atom stereocenters. The van der Waals surface area contributed by atoms with Crippen molar-refractivity contribution in [2.24, 2.45) is 0 Å². The largest absolute Gasteiger partial charge is 0.396 e. The van der Waals surface area contributed by atoms with Crippen molar-refractivity contribution in [1.82, 2.24) is 0 Å². The second kappa shape index (κ2) is 3.49. The summed E-state index contributed by atoms with van der Waals surface area (Å²) >= 11 is 0. The van der Waals surface area contributed by atoms with Gasteiger partial charge in [-0.05, 0) is 24.5 Å². The van der Waals surface area contributed by atoms with Crippen molar-refractivity contribution in [2.75, 3.05) is 6.61 Å². The fourth-order valence-electron chi connectivity index (χ4n) is 1.02. The Labute approximate surface area is 65.5 Å². The predicted molar refractivity (Wildman–Crippen MR) is 41.9 cm³/mol. The number of benzene rings is 1. The molecule has 0 aromatic heterocycles. The average molecular weight is 154 g/mol. The highest BCUT2D eigenvalue weighted by molar-refractivity contribution is 5.24. The van der Waals surface area contributed by atoms with E-state index in [1.165, 1.54) is 0 Å². The molecule has 1 rings (SSSR count). The van der Waals surface area contributed by atoms with Gasteiger partial charge in [-0.2, -0.15) is 0 Å². The molecule has 0 aliphatic heterocycles. The summed E-state index contributed by atoms with van der Waals surface area (Å²) in [5, 5.41) is 8.57. The monoisotopic (exact) mass is 154 g/mol. The first kappa shape index (κ1) is 8.21. The van der Waals surface area contributed by atoms with Gasteiger partial charge in [0.1, 0.15) is 5.82 Å². The first-order valence-corrected chi connectivity index (χ1v) is 3.60. The molecule has 1 aromatic carbocycles. The van der Waals surface area contributed by atoms with E-state index >= 15 is 0 Å². The molecule has 0 saturated heterocycles. The molecule has 60 valence electrons. The molecular weight excluding hydrogens is 143 g/mol. The number of aliphatic hydroxyl groups is 1. The first-order chi connectivity index (χ1) is 5.25. The van der Waals surface area contributed by atoms with Crippen molar-refractivity contribution in [3.63, 3.8) is 0 Å². The molecule has 11 heavy (non-hydrogen) atoms. The number of rotatable bonds is 2. The van der Waals surface area contributed by atoms with Crippen LogP contribution in [0.3, 0.4) is 0 Å². The molecular formula is C9H11FO. The summed E-state index contributed by atoms with van der Waals surface area (Å²) < 4.78 is 13.1. The van der Waals surface area contributed by atoms with E-state index in [9.17, 15) is 4.39 Å². The molecule has 0 aliphatic carbocycles. The van der Waals surface area contributed by atoms with E-state index in [2.05, 4.69) is 0 Å². The molecule has 0 atom stereocenters. The fourth-order valence-corrected chi connectivity index (χ4v) is 1.02. The van der Waals surface area contributed by atoms with Crippen LogP contribution in [0.1, 0.15) is 11.1 Å². The quantitative estimate of drug-likeness (QED) is 0.687. The van der Waals surface area contributed by atoms with Gasteiger partial charge in [0.2, 0.25) is 0 Å². The molecule has 0 amide bonds. The molecule has 0 spiro atoms. The van der Waals surface area contributed by atoms with Crippen molar-refractivity contribution >= 4 is 0 Å². The lowest BCUT2D eigenvalue weighted by Gasteiger charge is -2.01. The Bertz CT molecular complexity index is 245. The van der Waals surface area contributed by atoms with Gasteiger partial charge >= 0.3 is 0 Å². The third-order valence-corrected chi connectivity index (χ3v) is 1.65.